The highest BCUT2D eigenvalue weighted by molar-refractivity contribution is 5.91. The summed E-state index contributed by atoms with van der Waals surface area (Å²) in [5.74, 6) is 2.42. The number of benzene rings is 2. The van der Waals surface area contributed by atoms with E-state index in [-0.39, 0.29) is 5.41 Å². The summed E-state index contributed by atoms with van der Waals surface area (Å²) in [6.45, 7) is 1.75. The van der Waals surface area contributed by atoms with Crippen LogP contribution in [0.5, 0.6) is 17.2 Å². The molecule has 0 amide bonds. The van der Waals surface area contributed by atoms with Gasteiger partial charge in [-0.3, -0.25) is 4.99 Å². The summed E-state index contributed by atoms with van der Waals surface area (Å²) in [5.41, 5.74) is 3.03. The Labute approximate surface area is 122 Å². The van der Waals surface area contributed by atoms with Crippen LogP contribution in [0.4, 0.5) is 5.69 Å². The molecule has 0 unspecified atom stereocenters. The predicted octanol–water partition coefficient (Wildman–Crippen LogP) is 2.85. The molecule has 0 saturated carbocycles. The van der Waals surface area contributed by atoms with Crippen molar-refractivity contribution in [2.45, 2.75) is 5.41 Å². The first-order chi connectivity index (χ1) is 10.4. The molecular formula is C17H13NO3. The lowest BCUT2D eigenvalue weighted by Crippen LogP contribution is -2.29. The summed E-state index contributed by atoms with van der Waals surface area (Å²) < 4.78 is 17.3. The Balaban J connectivity index is 1.73. The van der Waals surface area contributed by atoms with Crippen molar-refractivity contribution >= 4 is 11.9 Å². The third-order valence-electron chi connectivity index (χ3n) is 4.39. The van der Waals surface area contributed by atoms with Crippen LogP contribution in [0.3, 0.4) is 0 Å². The van der Waals surface area contributed by atoms with Gasteiger partial charge in [-0.25, -0.2) is 0 Å². The van der Waals surface area contributed by atoms with E-state index in [1.165, 1.54) is 5.56 Å². The molecule has 4 nitrogen and oxygen atoms in total. The van der Waals surface area contributed by atoms with Crippen LogP contribution in [0, 0.1) is 0 Å². The fraction of sp³-hybridized carbons (Fsp3) is 0.235. The number of fused-ring (bicyclic) bond motifs is 5. The maximum absolute atomic E-state index is 5.93. The standard InChI is InChI=1S/C17H13NO3/c1-2-4-13-11(3-1)17(9-18-13)10-21-14-8-16-15(7-12(14)17)19-5-6-20-16/h1-4,7-9H,5-6,10H2/t17-/m1/s1. The Morgan fingerprint density at radius 3 is 2.57 bits per heavy atom. The van der Waals surface area contributed by atoms with Crippen molar-refractivity contribution in [2.75, 3.05) is 19.8 Å². The van der Waals surface area contributed by atoms with Crippen molar-refractivity contribution in [3.05, 3.63) is 47.5 Å². The van der Waals surface area contributed by atoms with Crippen molar-refractivity contribution in [3.8, 4) is 17.2 Å². The highest BCUT2D eigenvalue weighted by Crippen LogP contribution is 2.51. The van der Waals surface area contributed by atoms with E-state index in [9.17, 15) is 0 Å². The molecule has 0 bridgehead atoms. The van der Waals surface area contributed by atoms with Gasteiger partial charge in [0.25, 0.3) is 0 Å². The first-order valence-electron chi connectivity index (χ1n) is 7.08. The molecule has 21 heavy (non-hydrogen) atoms. The van der Waals surface area contributed by atoms with Crippen LogP contribution in [-0.2, 0) is 5.41 Å². The molecule has 0 fully saturated rings. The van der Waals surface area contributed by atoms with Crippen LogP contribution < -0.4 is 14.2 Å². The molecule has 0 aliphatic carbocycles. The van der Waals surface area contributed by atoms with E-state index in [1.54, 1.807) is 0 Å². The fourth-order valence-electron chi connectivity index (χ4n) is 3.35. The van der Waals surface area contributed by atoms with Gasteiger partial charge in [0.1, 0.15) is 25.6 Å². The largest absolute Gasteiger partial charge is 0.491 e. The Morgan fingerprint density at radius 2 is 1.67 bits per heavy atom. The van der Waals surface area contributed by atoms with Gasteiger partial charge in [-0.15, -0.1) is 0 Å². The molecule has 0 N–H and O–H groups in total. The summed E-state index contributed by atoms with van der Waals surface area (Å²) in [7, 11) is 0. The molecule has 2 aromatic rings. The van der Waals surface area contributed by atoms with Crippen molar-refractivity contribution in [3.63, 3.8) is 0 Å². The molecule has 2 aromatic carbocycles. The molecule has 1 spiro atoms. The average molecular weight is 279 g/mol. The van der Waals surface area contributed by atoms with E-state index >= 15 is 0 Å². The van der Waals surface area contributed by atoms with E-state index in [1.807, 2.05) is 36.5 Å². The smallest absolute Gasteiger partial charge is 0.165 e. The van der Waals surface area contributed by atoms with E-state index in [4.69, 9.17) is 14.2 Å². The summed E-state index contributed by atoms with van der Waals surface area (Å²) in [4.78, 5) is 4.57. The number of para-hydroxylation sites is 1. The van der Waals surface area contributed by atoms with Gasteiger partial charge in [-0.1, -0.05) is 18.2 Å². The summed E-state index contributed by atoms with van der Waals surface area (Å²) in [6.07, 6.45) is 2.00. The number of hydrogen-bond acceptors (Lipinski definition) is 4. The second-order valence-corrected chi connectivity index (χ2v) is 5.53. The number of ether oxygens (including phenoxy) is 3. The monoisotopic (exact) mass is 279 g/mol. The third kappa shape index (κ3) is 1.37. The first-order valence-corrected chi connectivity index (χ1v) is 7.08. The molecule has 3 heterocycles. The molecule has 1 atom stereocenters. The van der Waals surface area contributed by atoms with E-state index < -0.39 is 0 Å². The van der Waals surface area contributed by atoms with Gasteiger partial charge < -0.3 is 14.2 Å². The van der Waals surface area contributed by atoms with Crippen molar-refractivity contribution in [1.82, 2.24) is 0 Å². The SMILES string of the molecule is C1=Nc2ccccc2[C@]12COc1cc3c(cc12)OCCO3. The van der Waals surface area contributed by atoms with E-state index in [0.717, 1.165) is 28.5 Å². The highest BCUT2D eigenvalue weighted by Gasteiger charge is 2.46. The van der Waals surface area contributed by atoms with Crippen LogP contribution in [-0.4, -0.2) is 26.0 Å². The zero-order valence-corrected chi connectivity index (χ0v) is 11.3. The minimum absolute atomic E-state index is 0.290. The number of nitrogens with zero attached hydrogens (tertiary/aromatic N) is 1. The average Bonchev–Trinajstić information content (AvgIpc) is 3.09. The molecule has 4 heteroatoms. The number of hydrogen-bond donors (Lipinski definition) is 0. The molecule has 5 rings (SSSR count). The molecular weight excluding hydrogens is 266 g/mol. The molecule has 0 saturated heterocycles. The zero-order chi connectivity index (χ0) is 13.9. The zero-order valence-electron chi connectivity index (χ0n) is 11.3. The second-order valence-electron chi connectivity index (χ2n) is 5.53. The fourth-order valence-corrected chi connectivity index (χ4v) is 3.35. The van der Waals surface area contributed by atoms with Crippen LogP contribution in [0.2, 0.25) is 0 Å². The summed E-state index contributed by atoms with van der Waals surface area (Å²) in [5, 5.41) is 0. The van der Waals surface area contributed by atoms with Gasteiger partial charge in [0.05, 0.1) is 11.1 Å². The van der Waals surface area contributed by atoms with Crippen LogP contribution >= 0.6 is 0 Å². The van der Waals surface area contributed by atoms with Crippen molar-refractivity contribution in [2.24, 2.45) is 4.99 Å². The van der Waals surface area contributed by atoms with Gasteiger partial charge in [-0.2, -0.15) is 0 Å². The maximum Gasteiger partial charge on any atom is 0.165 e. The lowest BCUT2D eigenvalue weighted by molar-refractivity contribution is 0.171. The Kier molecular flexibility index (Phi) is 2.02. The second kappa shape index (κ2) is 3.79. The van der Waals surface area contributed by atoms with E-state index in [2.05, 4.69) is 11.1 Å². The molecule has 0 aromatic heterocycles. The molecule has 3 aliphatic rings. The highest BCUT2D eigenvalue weighted by atomic mass is 16.6. The normalized spacial score (nSPS) is 23.8. The number of aliphatic imine (C=N–C) groups is 1. The Hall–Kier alpha value is -2.49. The first kappa shape index (κ1) is 11.2. The lowest BCUT2D eigenvalue weighted by atomic mass is 9.78. The van der Waals surface area contributed by atoms with Crippen LogP contribution in [0.1, 0.15) is 11.1 Å². The Morgan fingerprint density at radius 1 is 0.857 bits per heavy atom. The van der Waals surface area contributed by atoms with Gasteiger partial charge in [0, 0.05) is 17.8 Å². The Bertz CT molecular complexity index is 784. The lowest BCUT2D eigenvalue weighted by Gasteiger charge is -2.23. The molecule has 0 radical (unpaired) electrons. The van der Waals surface area contributed by atoms with Gasteiger partial charge in [0.2, 0.25) is 0 Å². The maximum atomic E-state index is 5.93. The minimum atomic E-state index is -0.290. The van der Waals surface area contributed by atoms with Gasteiger partial charge >= 0.3 is 0 Å². The van der Waals surface area contributed by atoms with Crippen LogP contribution in [0.15, 0.2) is 41.4 Å². The summed E-state index contributed by atoms with van der Waals surface area (Å²) >= 11 is 0. The topological polar surface area (TPSA) is 40.0 Å². The predicted molar refractivity (Wildman–Crippen MR) is 78.3 cm³/mol. The molecule has 3 aliphatic heterocycles. The van der Waals surface area contributed by atoms with Gasteiger partial charge in [0.15, 0.2) is 11.5 Å². The van der Waals surface area contributed by atoms with Crippen molar-refractivity contribution < 1.29 is 14.2 Å². The van der Waals surface area contributed by atoms with Crippen molar-refractivity contribution in [1.29, 1.82) is 0 Å². The minimum Gasteiger partial charge on any atom is -0.491 e. The van der Waals surface area contributed by atoms with E-state index in [0.29, 0.717) is 19.8 Å². The number of rotatable bonds is 0. The van der Waals surface area contributed by atoms with Crippen LogP contribution in [0.25, 0.3) is 0 Å². The van der Waals surface area contributed by atoms with Gasteiger partial charge in [-0.05, 0) is 17.7 Å². The third-order valence-corrected chi connectivity index (χ3v) is 4.39. The summed E-state index contributed by atoms with van der Waals surface area (Å²) in [6, 6.07) is 12.2. The quantitative estimate of drug-likeness (QED) is 0.744. The molecule has 104 valence electrons.